The van der Waals surface area contributed by atoms with Crippen LogP contribution >= 0.6 is 0 Å². The molecule has 0 spiro atoms. The van der Waals surface area contributed by atoms with Crippen molar-refractivity contribution in [2.45, 2.75) is 85.2 Å². The molecule has 0 N–H and O–H groups in total. The second-order valence-corrected chi connectivity index (χ2v) is 13.9. The first-order valence-electron chi connectivity index (χ1n) is 17.8. The summed E-state index contributed by atoms with van der Waals surface area (Å²) in [6, 6.07) is 20.4. The van der Waals surface area contributed by atoms with Crippen LogP contribution in [0.5, 0.6) is 0 Å². The van der Waals surface area contributed by atoms with Gasteiger partial charge in [0.1, 0.15) is 5.69 Å². The maximum Gasteiger partial charge on any atom is 0.272 e. The van der Waals surface area contributed by atoms with Crippen LogP contribution in [-0.4, -0.2) is 70.3 Å². The van der Waals surface area contributed by atoms with E-state index in [2.05, 4.69) is 73.7 Å². The van der Waals surface area contributed by atoms with Crippen LogP contribution < -0.4 is 0 Å². The third-order valence-electron chi connectivity index (χ3n) is 9.71. The van der Waals surface area contributed by atoms with Crippen molar-refractivity contribution in [2.75, 3.05) is 32.7 Å². The quantitative estimate of drug-likeness (QED) is 0.213. The minimum absolute atomic E-state index is 0.0220. The molecule has 2 aliphatic heterocycles. The average Bonchev–Trinajstić information content (AvgIpc) is 3.10. The summed E-state index contributed by atoms with van der Waals surface area (Å²) in [7, 11) is 0. The SMILES string of the molecule is CCCC#Cc1ccc(C(=O)N(Cc2ccc(-c3ccc(C(=O)N4CCC(C)CC4)cc3)cc2)C2CCN(CCC(C)C)CC2)nc1. The summed E-state index contributed by atoms with van der Waals surface area (Å²) < 4.78 is 0. The fraction of sp³-hybridized carbons (Fsp3) is 0.488. The number of hydrogen-bond acceptors (Lipinski definition) is 4. The minimum atomic E-state index is -0.0220. The van der Waals surface area contributed by atoms with Gasteiger partial charge in [-0.15, -0.1) is 0 Å². The molecule has 5 rings (SSSR count). The topological polar surface area (TPSA) is 56.8 Å². The predicted molar refractivity (Wildman–Crippen MR) is 191 cm³/mol. The Hall–Kier alpha value is -3.95. The third-order valence-corrected chi connectivity index (χ3v) is 9.71. The zero-order valence-corrected chi connectivity index (χ0v) is 28.9. The van der Waals surface area contributed by atoms with E-state index in [-0.39, 0.29) is 17.9 Å². The van der Waals surface area contributed by atoms with Crippen molar-refractivity contribution < 1.29 is 9.59 Å². The largest absolute Gasteiger partial charge is 0.339 e. The molecule has 1 aromatic heterocycles. The van der Waals surface area contributed by atoms with Gasteiger partial charge in [-0.25, -0.2) is 4.98 Å². The Bertz CT molecular complexity index is 1500. The number of nitrogens with zero attached hydrogens (tertiary/aromatic N) is 4. The Labute approximate surface area is 282 Å². The van der Waals surface area contributed by atoms with Crippen molar-refractivity contribution in [2.24, 2.45) is 11.8 Å². The molecule has 0 saturated carbocycles. The zero-order chi connectivity index (χ0) is 33.2. The van der Waals surface area contributed by atoms with E-state index in [4.69, 9.17) is 0 Å². The lowest BCUT2D eigenvalue weighted by molar-refractivity contribution is 0.0540. The van der Waals surface area contributed by atoms with E-state index in [0.717, 1.165) is 99.1 Å². The van der Waals surface area contributed by atoms with Gasteiger partial charge in [0.25, 0.3) is 11.8 Å². The molecule has 248 valence electrons. The predicted octanol–water partition coefficient (Wildman–Crippen LogP) is 7.93. The highest BCUT2D eigenvalue weighted by Crippen LogP contribution is 2.26. The molecule has 2 saturated heterocycles. The number of pyridine rings is 1. The van der Waals surface area contributed by atoms with E-state index in [1.54, 1.807) is 6.20 Å². The highest BCUT2D eigenvalue weighted by molar-refractivity contribution is 5.95. The van der Waals surface area contributed by atoms with Crippen LogP contribution in [0.25, 0.3) is 11.1 Å². The molecule has 0 unspecified atom stereocenters. The number of carbonyl (C=O) groups excluding carboxylic acids is 2. The van der Waals surface area contributed by atoms with Crippen LogP contribution in [0.4, 0.5) is 0 Å². The Balaban J connectivity index is 1.28. The molecule has 0 atom stereocenters. The Morgan fingerprint density at radius 3 is 2.15 bits per heavy atom. The summed E-state index contributed by atoms with van der Waals surface area (Å²) in [5.74, 6) is 7.80. The Morgan fingerprint density at radius 1 is 0.894 bits per heavy atom. The molecule has 2 fully saturated rings. The first-order chi connectivity index (χ1) is 22.8. The minimum Gasteiger partial charge on any atom is -0.339 e. The van der Waals surface area contributed by atoms with Crippen LogP contribution in [-0.2, 0) is 6.54 Å². The van der Waals surface area contributed by atoms with Gasteiger partial charge in [0.15, 0.2) is 0 Å². The van der Waals surface area contributed by atoms with Gasteiger partial charge < -0.3 is 14.7 Å². The molecule has 6 nitrogen and oxygen atoms in total. The van der Waals surface area contributed by atoms with Crippen molar-refractivity contribution in [3.05, 3.63) is 89.2 Å². The summed E-state index contributed by atoms with van der Waals surface area (Å²) in [6.07, 6.45) is 8.88. The molecule has 6 heteroatoms. The first kappa shape index (κ1) is 34.4. The molecule has 2 aromatic carbocycles. The molecule has 2 amide bonds. The fourth-order valence-electron chi connectivity index (χ4n) is 6.49. The number of hydrogen-bond donors (Lipinski definition) is 0. The smallest absolute Gasteiger partial charge is 0.272 e. The molecule has 0 bridgehead atoms. The summed E-state index contributed by atoms with van der Waals surface area (Å²) in [5.41, 5.74) is 5.33. The van der Waals surface area contributed by atoms with E-state index in [9.17, 15) is 9.59 Å². The van der Waals surface area contributed by atoms with Gasteiger partial charge in [-0.3, -0.25) is 9.59 Å². The number of amides is 2. The molecular weight excluding hydrogens is 580 g/mol. The lowest BCUT2D eigenvalue weighted by Gasteiger charge is -2.38. The maximum atomic E-state index is 14.0. The molecule has 2 aliphatic rings. The second kappa shape index (κ2) is 16.7. The van der Waals surface area contributed by atoms with Gasteiger partial charge in [0, 0.05) is 62.5 Å². The van der Waals surface area contributed by atoms with Crippen LogP contribution in [0.15, 0.2) is 66.9 Å². The number of carbonyl (C=O) groups is 2. The van der Waals surface area contributed by atoms with Crippen LogP contribution in [0.1, 0.15) is 105 Å². The average molecular weight is 633 g/mol. The van der Waals surface area contributed by atoms with E-state index in [1.165, 1.54) is 6.42 Å². The van der Waals surface area contributed by atoms with Crippen LogP contribution in [0.2, 0.25) is 0 Å². The molecular formula is C41H52N4O2. The van der Waals surface area contributed by atoms with Crippen molar-refractivity contribution in [3.63, 3.8) is 0 Å². The highest BCUT2D eigenvalue weighted by Gasteiger charge is 2.29. The van der Waals surface area contributed by atoms with Crippen molar-refractivity contribution in [1.29, 1.82) is 0 Å². The molecule has 0 radical (unpaired) electrons. The van der Waals surface area contributed by atoms with Gasteiger partial charge in [0.05, 0.1) is 0 Å². The van der Waals surface area contributed by atoms with Gasteiger partial charge in [-0.05, 0) is 97.9 Å². The second-order valence-electron chi connectivity index (χ2n) is 13.9. The van der Waals surface area contributed by atoms with Crippen molar-refractivity contribution >= 4 is 11.8 Å². The molecule has 3 aromatic rings. The number of aromatic nitrogens is 1. The third kappa shape index (κ3) is 9.55. The monoisotopic (exact) mass is 632 g/mol. The Kier molecular flexibility index (Phi) is 12.3. The van der Waals surface area contributed by atoms with Gasteiger partial charge in [-0.2, -0.15) is 0 Å². The van der Waals surface area contributed by atoms with Crippen molar-refractivity contribution in [1.82, 2.24) is 19.7 Å². The fourth-order valence-corrected chi connectivity index (χ4v) is 6.49. The number of unbranched alkanes of at least 4 members (excludes halogenated alkanes) is 1. The normalized spacial score (nSPS) is 16.1. The highest BCUT2D eigenvalue weighted by atomic mass is 16.2. The van der Waals surface area contributed by atoms with Crippen LogP contribution in [0.3, 0.4) is 0 Å². The molecule has 47 heavy (non-hydrogen) atoms. The zero-order valence-electron chi connectivity index (χ0n) is 28.9. The summed E-state index contributed by atoms with van der Waals surface area (Å²) >= 11 is 0. The summed E-state index contributed by atoms with van der Waals surface area (Å²) in [6.45, 7) is 14.3. The van der Waals surface area contributed by atoms with E-state index >= 15 is 0 Å². The molecule has 3 heterocycles. The van der Waals surface area contributed by atoms with Gasteiger partial charge >= 0.3 is 0 Å². The first-order valence-corrected chi connectivity index (χ1v) is 17.8. The maximum absolute atomic E-state index is 14.0. The number of likely N-dealkylation sites (tertiary alicyclic amines) is 2. The van der Waals surface area contributed by atoms with E-state index < -0.39 is 0 Å². The number of rotatable bonds is 10. The lowest BCUT2D eigenvalue weighted by atomic mass is 9.98. The van der Waals surface area contributed by atoms with E-state index in [1.807, 2.05) is 46.2 Å². The number of benzene rings is 2. The lowest BCUT2D eigenvalue weighted by Crippen LogP contribution is -2.47. The number of piperidine rings is 2. The van der Waals surface area contributed by atoms with Gasteiger partial charge in [-0.1, -0.05) is 75.9 Å². The van der Waals surface area contributed by atoms with E-state index in [0.29, 0.717) is 24.1 Å². The summed E-state index contributed by atoms with van der Waals surface area (Å²) in [5, 5.41) is 0. The summed E-state index contributed by atoms with van der Waals surface area (Å²) in [4.78, 5) is 38.1. The van der Waals surface area contributed by atoms with Gasteiger partial charge in [0.2, 0.25) is 0 Å². The van der Waals surface area contributed by atoms with Crippen LogP contribution in [0, 0.1) is 23.7 Å². The molecule has 0 aliphatic carbocycles. The van der Waals surface area contributed by atoms with Crippen molar-refractivity contribution in [3.8, 4) is 23.0 Å². The standard InChI is InChI=1S/C41H52N4O2/c1-5-6-7-8-33-11-18-39(42-29-33)41(47)45(38-22-25-43(26-23-38)24-19-31(2)3)30-34-9-12-35(13-10-34)36-14-16-37(17-15-36)40(46)44-27-20-32(4)21-28-44/h9-18,29,31-32,38H,5-6,19-28,30H2,1-4H3. The Morgan fingerprint density at radius 2 is 1.55 bits per heavy atom.